The molecule has 5 heteroatoms. The average molecular weight is 358 g/mol. The maximum Gasteiger partial charge on any atom is 0.165 e. The second-order valence-corrected chi connectivity index (χ2v) is 6.74. The van der Waals surface area contributed by atoms with Crippen molar-refractivity contribution < 1.29 is 4.74 Å². The predicted octanol–water partition coefficient (Wildman–Crippen LogP) is 5.27. The fraction of sp³-hybridized carbons (Fsp3) is 0.182. The number of ether oxygens (including phenoxy) is 1. The van der Waals surface area contributed by atoms with E-state index in [1.54, 1.807) is 7.11 Å². The standard InChI is InChI=1S/C22H22N4O/c1-15(2)20-13-21(24-17-10-7-11-18(12-17)27-3)26-22(25-20)19(14-23-26)16-8-5-4-6-9-16/h4-15,24H,1-3H3. The van der Waals surface area contributed by atoms with Gasteiger partial charge in [0.1, 0.15) is 11.6 Å². The molecule has 0 aliphatic rings. The number of hydrogen-bond acceptors (Lipinski definition) is 4. The van der Waals surface area contributed by atoms with Crippen LogP contribution in [0.3, 0.4) is 0 Å². The zero-order valence-corrected chi connectivity index (χ0v) is 15.7. The molecule has 1 N–H and O–H groups in total. The molecule has 0 atom stereocenters. The van der Waals surface area contributed by atoms with Crippen molar-refractivity contribution in [1.82, 2.24) is 14.6 Å². The lowest BCUT2D eigenvalue weighted by Gasteiger charge is -2.13. The van der Waals surface area contributed by atoms with E-state index in [2.05, 4.69) is 42.5 Å². The van der Waals surface area contributed by atoms with Crippen molar-refractivity contribution in [3.05, 3.63) is 72.6 Å². The smallest absolute Gasteiger partial charge is 0.165 e. The fourth-order valence-electron chi connectivity index (χ4n) is 3.04. The van der Waals surface area contributed by atoms with Crippen LogP contribution < -0.4 is 10.1 Å². The van der Waals surface area contributed by atoms with Gasteiger partial charge in [-0.15, -0.1) is 0 Å². The molecule has 0 radical (unpaired) electrons. The number of anilines is 2. The summed E-state index contributed by atoms with van der Waals surface area (Å²) in [6.45, 7) is 4.29. The van der Waals surface area contributed by atoms with Gasteiger partial charge in [0.25, 0.3) is 0 Å². The van der Waals surface area contributed by atoms with Crippen LogP contribution in [0.1, 0.15) is 25.5 Å². The molecule has 2 aromatic carbocycles. The predicted molar refractivity (Wildman–Crippen MR) is 109 cm³/mol. The Morgan fingerprint density at radius 2 is 1.81 bits per heavy atom. The van der Waals surface area contributed by atoms with E-state index >= 15 is 0 Å². The van der Waals surface area contributed by atoms with Crippen molar-refractivity contribution in [3.8, 4) is 16.9 Å². The van der Waals surface area contributed by atoms with E-state index in [4.69, 9.17) is 9.72 Å². The van der Waals surface area contributed by atoms with E-state index in [0.717, 1.165) is 39.7 Å². The van der Waals surface area contributed by atoms with Gasteiger partial charge in [-0.05, 0) is 23.6 Å². The first-order valence-electron chi connectivity index (χ1n) is 9.01. The number of hydrogen-bond donors (Lipinski definition) is 1. The Morgan fingerprint density at radius 1 is 1.00 bits per heavy atom. The van der Waals surface area contributed by atoms with E-state index in [-0.39, 0.29) is 0 Å². The fourth-order valence-corrected chi connectivity index (χ4v) is 3.04. The first kappa shape index (κ1) is 17.1. The van der Waals surface area contributed by atoms with Crippen molar-refractivity contribution in [3.63, 3.8) is 0 Å². The third-order valence-electron chi connectivity index (χ3n) is 4.51. The summed E-state index contributed by atoms with van der Waals surface area (Å²) in [6.07, 6.45) is 1.87. The number of nitrogens with one attached hydrogen (secondary N) is 1. The van der Waals surface area contributed by atoms with Crippen LogP contribution >= 0.6 is 0 Å². The third kappa shape index (κ3) is 3.36. The van der Waals surface area contributed by atoms with Crippen LogP contribution in [0.25, 0.3) is 16.8 Å². The van der Waals surface area contributed by atoms with Crippen LogP contribution in [0.5, 0.6) is 5.75 Å². The molecule has 0 unspecified atom stereocenters. The molecule has 4 aromatic rings. The highest BCUT2D eigenvalue weighted by Gasteiger charge is 2.14. The van der Waals surface area contributed by atoms with Gasteiger partial charge in [0.15, 0.2) is 5.65 Å². The van der Waals surface area contributed by atoms with Crippen LogP contribution in [-0.2, 0) is 0 Å². The van der Waals surface area contributed by atoms with Gasteiger partial charge in [-0.1, -0.05) is 50.2 Å². The van der Waals surface area contributed by atoms with E-state index < -0.39 is 0 Å². The lowest BCUT2D eigenvalue weighted by Crippen LogP contribution is -2.05. The van der Waals surface area contributed by atoms with Crippen molar-refractivity contribution in [1.29, 1.82) is 0 Å². The van der Waals surface area contributed by atoms with Gasteiger partial charge in [-0.2, -0.15) is 9.61 Å². The quantitative estimate of drug-likeness (QED) is 0.528. The van der Waals surface area contributed by atoms with Gasteiger partial charge >= 0.3 is 0 Å². The Morgan fingerprint density at radius 3 is 2.56 bits per heavy atom. The lowest BCUT2D eigenvalue weighted by atomic mass is 10.1. The summed E-state index contributed by atoms with van der Waals surface area (Å²) in [4.78, 5) is 4.88. The summed E-state index contributed by atoms with van der Waals surface area (Å²) in [5, 5.41) is 8.06. The van der Waals surface area contributed by atoms with E-state index in [0.29, 0.717) is 5.92 Å². The zero-order chi connectivity index (χ0) is 18.8. The first-order chi connectivity index (χ1) is 13.2. The van der Waals surface area contributed by atoms with Crippen molar-refractivity contribution in [2.75, 3.05) is 12.4 Å². The molecular weight excluding hydrogens is 336 g/mol. The summed E-state index contributed by atoms with van der Waals surface area (Å²) in [7, 11) is 1.67. The largest absolute Gasteiger partial charge is 0.497 e. The second-order valence-electron chi connectivity index (χ2n) is 6.74. The molecule has 0 fully saturated rings. The summed E-state index contributed by atoms with van der Waals surface area (Å²) in [5.41, 5.74) is 4.93. The number of aromatic nitrogens is 3. The number of nitrogens with zero attached hydrogens (tertiary/aromatic N) is 3. The summed E-state index contributed by atoms with van der Waals surface area (Å²) >= 11 is 0. The zero-order valence-electron chi connectivity index (χ0n) is 15.7. The Bertz CT molecular complexity index is 1070. The monoisotopic (exact) mass is 358 g/mol. The maximum atomic E-state index is 5.33. The molecule has 0 saturated carbocycles. The topological polar surface area (TPSA) is 51.5 Å². The van der Waals surface area contributed by atoms with Crippen LogP contribution in [-0.4, -0.2) is 21.7 Å². The van der Waals surface area contributed by atoms with Gasteiger partial charge < -0.3 is 10.1 Å². The second kappa shape index (κ2) is 7.11. The highest BCUT2D eigenvalue weighted by Crippen LogP contribution is 2.29. The SMILES string of the molecule is COc1cccc(Nc2cc(C(C)C)nc3c(-c4ccccc4)cnn23)c1. The van der Waals surface area contributed by atoms with Crippen LogP contribution in [0.15, 0.2) is 66.9 Å². The van der Waals surface area contributed by atoms with E-state index in [1.165, 1.54) is 0 Å². The number of rotatable bonds is 5. The molecule has 27 heavy (non-hydrogen) atoms. The molecule has 4 rings (SSSR count). The van der Waals surface area contributed by atoms with Crippen molar-refractivity contribution in [2.24, 2.45) is 0 Å². The Hall–Kier alpha value is -3.34. The van der Waals surface area contributed by atoms with Crippen LogP contribution in [0.2, 0.25) is 0 Å². The third-order valence-corrected chi connectivity index (χ3v) is 4.51. The van der Waals surface area contributed by atoms with E-state index in [9.17, 15) is 0 Å². The molecule has 2 aromatic heterocycles. The Labute approximate surface area is 158 Å². The molecular formula is C22H22N4O. The molecule has 0 amide bonds. The number of methoxy groups -OCH3 is 1. The molecule has 0 aliphatic heterocycles. The van der Waals surface area contributed by atoms with Crippen molar-refractivity contribution >= 4 is 17.2 Å². The summed E-state index contributed by atoms with van der Waals surface area (Å²) in [5.74, 6) is 1.98. The average Bonchev–Trinajstić information content (AvgIpc) is 3.13. The minimum Gasteiger partial charge on any atom is -0.497 e. The van der Waals surface area contributed by atoms with Crippen LogP contribution in [0, 0.1) is 0 Å². The van der Waals surface area contributed by atoms with Gasteiger partial charge in [0, 0.05) is 29.1 Å². The summed E-state index contributed by atoms with van der Waals surface area (Å²) in [6, 6.07) is 20.1. The maximum absolute atomic E-state index is 5.33. The number of benzene rings is 2. The van der Waals surface area contributed by atoms with Gasteiger partial charge in [-0.3, -0.25) is 0 Å². The van der Waals surface area contributed by atoms with Crippen LogP contribution in [0.4, 0.5) is 11.5 Å². The molecule has 136 valence electrons. The van der Waals surface area contributed by atoms with E-state index in [1.807, 2.05) is 53.2 Å². The molecule has 0 aliphatic carbocycles. The molecule has 0 bridgehead atoms. The highest BCUT2D eigenvalue weighted by molar-refractivity contribution is 5.78. The van der Waals surface area contributed by atoms with Gasteiger partial charge in [-0.25, -0.2) is 4.98 Å². The lowest BCUT2D eigenvalue weighted by molar-refractivity contribution is 0.415. The summed E-state index contributed by atoms with van der Waals surface area (Å²) < 4.78 is 7.18. The minimum atomic E-state index is 0.305. The Kier molecular flexibility index (Phi) is 4.50. The van der Waals surface area contributed by atoms with Gasteiger partial charge in [0.2, 0.25) is 0 Å². The van der Waals surface area contributed by atoms with Crippen molar-refractivity contribution in [2.45, 2.75) is 19.8 Å². The Balaban J connectivity index is 1.85. The first-order valence-corrected chi connectivity index (χ1v) is 9.01. The normalized spacial score (nSPS) is 11.1. The molecule has 5 nitrogen and oxygen atoms in total. The molecule has 0 spiro atoms. The van der Waals surface area contributed by atoms with Gasteiger partial charge in [0.05, 0.1) is 13.3 Å². The highest BCUT2D eigenvalue weighted by atomic mass is 16.5. The molecule has 2 heterocycles. The minimum absolute atomic E-state index is 0.305. The number of fused-ring (bicyclic) bond motifs is 1. The molecule has 0 saturated heterocycles.